The molecule has 1 aliphatic rings. The molecule has 114 valence electrons. The molecule has 0 bridgehead atoms. The molecule has 1 amide bonds. The standard InChI is InChI=1S/C16H22N2O3/c1-16(2,3)14-17-13(20-4)10-18(14)15(19)21-11-12-8-6-5-7-9-12/h5-9,14H,10-11H2,1-4H3/t14-/m0/s1. The van der Waals surface area contributed by atoms with Crippen molar-refractivity contribution < 1.29 is 14.3 Å². The second-order valence-corrected chi connectivity index (χ2v) is 6.13. The fourth-order valence-corrected chi connectivity index (χ4v) is 2.22. The average Bonchev–Trinajstić information content (AvgIpc) is 2.90. The van der Waals surface area contributed by atoms with Crippen molar-refractivity contribution in [3.63, 3.8) is 0 Å². The molecule has 0 unspecified atom stereocenters. The van der Waals surface area contributed by atoms with E-state index in [0.29, 0.717) is 12.4 Å². The molecule has 21 heavy (non-hydrogen) atoms. The number of benzene rings is 1. The van der Waals surface area contributed by atoms with E-state index in [-0.39, 0.29) is 24.3 Å². The molecule has 1 heterocycles. The Kier molecular flexibility index (Phi) is 4.50. The van der Waals surface area contributed by atoms with Crippen LogP contribution < -0.4 is 0 Å². The topological polar surface area (TPSA) is 51.1 Å². The fraction of sp³-hybridized carbons (Fsp3) is 0.500. The Bertz CT molecular complexity index is 520. The number of methoxy groups -OCH3 is 1. The summed E-state index contributed by atoms with van der Waals surface area (Å²) < 4.78 is 10.6. The van der Waals surface area contributed by atoms with Gasteiger partial charge in [0.2, 0.25) is 5.90 Å². The number of hydrogen-bond acceptors (Lipinski definition) is 4. The Hall–Kier alpha value is -2.04. The van der Waals surface area contributed by atoms with Crippen LogP contribution >= 0.6 is 0 Å². The normalized spacial score (nSPS) is 18.4. The summed E-state index contributed by atoms with van der Waals surface area (Å²) in [7, 11) is 1.57. The largest absolute Gasteiger partial charge is 0.483 e. The Morgan fingerprint density at radius 2 is 2.00 bits per heavy atom. The molecule has 0 aliphatic carbocycles. The summed E-state index contributed by atoms with van der Waals surface area (Å²) in [6.07, 6.45) is -0.634. The predicted octanol–water partition coefficient (Wildman–Crippen LogP) is 3.06. The molecule has 0 spiro atoms. The lowest BCUT2D eigenvalue weighted by Gasteiger charge is -2.31. The zero-order chi connectivity index (χ0) is 15.5. The van der Waals surface area contributed by atoms with Gasteiger partial charge in [-0.15, -0.1) is 0 Å². The highest BCUT2D eigenvalue weighted by Crippen LogP contribution is 2.29. The van der Waals surface area contributed by atoms with E-state index < -0.39 is 0 Å². The third kappa shape index (κ3) is 3.74. The number of carbonyl (C=O) groups excluding carboxylic acids is 1. The van der Waals surface area contributed by atoms with Gasteiger partial charge in [0.25, 0.3) is 0 Å². The lowest BCUT2D eigenvalue weighted by Crippen LogP contribution is -2.44. The molecule has 1 aromatic carbocycles. The van der Waals surface area contributed by atoms with Crippen LogP contribution in [-0.2, 0) is 16.1 Å². The Balaban J connectivity index is 2.01. The van der Waals surface area contributed by atoms with Crippen LogP contribution in [0.25, 0.3) is 0 Å². The first kappa shape index (κ1) is 15.4. The molecule has 0 N–H and O–H groups in total. The molecule has 0 fully saturated rings. The summed E-state index contributed by atoms with van der Waals surface area (Å²) in [6, 6.07) is 9.62. The zero-order valence-corrected chi connectivity index (χ0v) is 13.0. The number of aliphatic imine (C=N–C) groups is 1. The van der Waals surface area contributed by atoms with Crippen LogP contribution in [0, 0.1) is 5.41 Å². The number of ether oxygens (including phenoxy) is 2. The van der Waals surface area contributed by atoms with Crippen LogP contribution in [-0.4, -0.2) is 36.7 Å². The third-order valence-electron chi connectivity index (χ3n) is 3.32. The van der Waals surface area contributed by atoms with E-state index in [4.69, 9.17) is 9.47 Å². The number of nitrogens with zero attached hydrogens (tertiary/aromatic N) is 2. The van der Waals surface area contributed by atoms with Crippen molar-refractivity contribution in [3.8, 4) is 0 Å². The van der Waals surface area contributed by atoms with Crippen molar-refractivity contribution in [2.75, 3.05) is 13.7 Å². The van der Waals surface area contributed by atoms with E-state index in [0.717, 1.165) is 5.56 Å². The van der Waals surface area contributed by atoms with E-state index in [1.807, 2.05) is 51.1 Å². The lowest BCUT2D eigenvalue weighted by molar-refractivity contribution is 0.0684. The van der Waals surface area contributed by atoms with Gasteiger partial charge in [0.05, 0.1) is 7.11 Å². The quantitative estimate of drug-likeness (QED) is 0.841. The smallest absolute Gasteiger partial charge is 0.412 e. The molecular formula is C16H22N2O3. The first-order valence-electron chi connectivity index (χ1n) is 7.00. The molecule has 5 nitrogen and oxygen atoms in total. The number of rotatable bonds is 2. The average molecular weight is 290 g/mol. The highest BCUT2D eigenvalue weighted by Gasteiger charge is 2.39. The highest BCUT2D eigenvalue weighted by molar-refractivity contribution is 5.85. The maximum absolute atomic E-state index is 12.3. The van der Waals surface area contributed by atoms with Gasteiger partial charge in [0.15, 0.2) is 0 Å². The minimum absolute atomic E-state index is 0.175. The second-order valence-electron chi connectivity index (χ2n) is 6.13. The van der Waals surface area contributed by atoms with Crippen molar-refractivity contribution in [1.82, 2.24) is 4.90 Å². The van der Waals surface area contributed by atoms with Gasteiger partial charge < -0.3 is 9.47 Å². The van der Waals surface area contributed by atoms with Gasteiger partial charge in [-0.3, -0.25) is 4.90 Å². The SMILES string of the molecule is COC1=N[C@H](C(C)(C)C)N(C(=O)OCc2ccccc2)C1. The van der Waals surface area contributed by atoms with Gasteiger partial charge in [0, 0.05) is 5.41 Å². The monoisotopic (exact) mass is 290 g/mol. The molecule has 1 atom stereocenters. The maximum Gasteiger partial charge on any atom is 0.412 e. The Labute approximate surface area is 125 Å². The minimum atomic E-state index is -0.366. The number of amides is 1. The maximum atomic E-state index is 12.3. The molecule has 0 aromatic heterocycles. The van der Waals surface area contributed by atoms with Crippen LogP contribution in [0.2, 0.25) is 0 Å². The lowest BCUT2D eigenvalue weighted by atomic mass is 9.92. The molecular weight excluding hydrogens is 268 g/mol. The molecule has 1 aliphatic heterocycles. The molecule has 0 saturated heterocycles. The van der Waals surface area contributed by atoms with E-state index in [1.54, 1.807) is 12.0 Å². The third-order valence-corrected chi connectivity index (χ3v) is 3.32. The van der Waals surface area contributed by atoms with Crippen LogP contribution in [0.15, 0.2) is 35.3 Å². The number of carbonyl (C=O) groups is 1. The van der Waals surface area contributed by atoms with Gasteiger partial charge in [-0.2, -0.15) is 0 Å². The zero-order valence-electron chi connectivity index (χ0n) is 13.0. The summed E-state index contributed by atoms with van der Waals surface area (Å²) >= 11 is 0. The first-order chi connectivity index (χ1) is 9.91. The molecule has 5 heteroatoms. The van der Waals surface area contributed by atoms with Crippen molar-refractivity contribution in [1.29, 1.82) is 0 Å². The minimum Gasteiger partial charge on any atom is -0.483 e. The molecule has 2 rings (SSSR count). The van der Waals surface area contributed by atoms with Crippen LogP contribution in [0.5, 0.6) is 0 Å². The van der Waals surface area contributed by atoms with Gasteiger partial charge in [-0.25, -0.2) is 9.79 Å². The van der Waals surface area contributed by atoms with Crippen LogP contribution in [0.4, 0.5) is 4.79 Å². The van der Waals surface area contributed by atoms with Crippen LogP contribution in [0.1, 0.15) is 26.3 Å². The second kappa shape index (κ2) is 6.16. The molecule has 0 saturated carbocycles. The fourth-order valence-electron chi connectivity index (χ4n) is 2.22. The van der Waals surface area contributed by atoms with Gasteiger partial charge >= 0.3 is 6.09 Å². The van der Waals surface area contributed by atoms with Crippen molar-refractivity contribution in [2.45, 2.75) is 33.5 Å². The van der Waals surface area contributed by atoms with E-state index >= 15 is 0 Å². The van der Waals surface area contributed by atoms with E-state index in [9.17, 15) is 4.79 Å². The van der Waals surface area contributed by atoms with Crippen molar-refractivity contribution in [3.05, 3.63) is 35.9 Å². The first-order valence-corrected chi connectivity index (χ1v) is 7.00. The van der Waals surface area contributed by atoms with Gasteiger partial charge in [-0.1, -0.05) is 51.1 Å². The van der Waals surface area contributed by atoms with Gasteiger partial charge in [-0.05, 0) is 5.56 Å². The van der Waals surface area contributed by atoms with E-state index in [1.165, 1.54) is 0 Å². The summed E-state index contributed by atoms with van der Waals surface area (Å²) in [5.74, 6) is 0.562. The van der Waals surface area contributed by atoms with E-state index in [2.05, 4.69) is 4.99 Å². The molecule has 1 aromatic rings. The summed E-state index contributed by atoms with van der Waals surface area (Å²) in [5, 5.41) is 0. The van der Waals surface area contributed by atoms with Gasteiger partial charge in [0.1, 0.15) is 19.3 Å². The Morgan fingerprint density at radius 3 is 2.57 bits per heavy atom. The molecule has 0 radical (unpaired) electrons. The van der Waals surface area contributed by atoms with Crippen molar-refractivity contribution in [2.24, 2.45) is 10.4 Å². The summed E-state index contributed by atoms with van der Waals surface area (Å²) in [6.45, 7) is 6.73. The number of hydrogen-bond donors (Lipinski definition) is 0. The highest BCUT2D eigenvalue weighted by atomic mass is 16.6. The predicted molar refractivity (Wildman–Crippen MR) is 81.0 cm³/mol. The van der Waals surface area contributed by atoms with Crippen LogP contribution in [0.3, 0.4) is 0 Å². The Morgan fingerprint density at radius 1 is 1.33 bits per heavy atom. The summed E-state index contributed by atoms with van der Waals surface area (Å²) in [4.78, 5) is 18.4. The van der Waals surface area contributed by atoms with Crippen molar-refractivity contribution >= 4 is 12.0 Å². The summed E-state index contributed by atoms with van der Waals surface area (Å²) in [5.41, 5.74) is 0.789.